The number of nitrogens with two attached hydrogens (primary N) is 1. The van der Waals surface area contributed by atoms with Crippen LogP contribution in [0, 0.1) is 17.7 Å². The van der Waals surface area contributed by atoms with Crippen LogP contribution in [0.25, 0.3) is 0 Å². The fraction of sp³-hybridized carbons (Fsp3) is 0.133. The van der Waals surface area contributed by atoms with E-state index in [4.69, 9.17) is 10.5 Å². The number of hydrogen-bond acceptors (Lipinski definition) is 4. The summed E-state index contributed by atoms with van der Waals surface area (Å²) in [7, 11) is 1.47. The van der Waals surface area contributed by atoms with Crippen molar-refractivity contribution in [2.45, 2.75) is 0 Å². The van der Waals surface area contributed by atoms with Crippen molar-refractivity contribution in [3.8, 4) is 17.6 Å². The molecule has 0 aliphatic heterocycles. The molecule has 0 saturated carbocycles. The summed E-state index contributed by atoms with van der Waals surface area (Å²) in [5.74, 6) is 5.01. The van der Waals surface area contributed by atoms with Crippen LogP contribution in [0.1, 0.15) is 15.2 Å². The van der Waals surface area contributed by atoms with Gasteiger partial charge in [-0.05, 0) is 23.6 Å². The van der Waals surface area contributed by atoms with E-state index in [1.165, 1.54) is 36.6 Å². The minimum atomic E-state index is -0.532. The highest BCUT2D eigenvalue weighted by atomic mass is 32.1. The topological polar surface area (TPSA) is 64.3 Å². The quantitative estimate of drug-likeness (QED) is 0.856. The average molecular weight is 304 g/mol. The Labute approximate surface area is 125 Å². The molecule has 0 saturated heterocycles. The molecule has 2 rings (SSSR count). The molecule has 108 valence electrons. The van der Waals surface area contributed by atoms with Gasteiger partial charge in [0.15, 0.2) is 0 Å². The Hall–Kier alpha value is -2.36. The first-order chi connectivity index (χ1) is 10.2. The number of ether oxygens (including phenoxy) is 1. The van der Waals surface area contributed by atoms with E-state index in [0.717, 1.165) is 0 Å². The van der Waals surface area contributed by atoms with Crippen molar-refractivity contribution in [1.82, 2.24) is 0 Å². The Morgan fingerprint density at radius 2 is 2.29 bits per heavy atom. The SMILES string of the molecule is COc1ccc(F)c(NC(=O)c2sccc2C#CCN)c1. The zero-order valence-electron chi connectivity index (χ0n) is 11.3. The molecule has 1 aromatic carbocycles. The van der Waals surface area contributed by atoms with E-state index in [2.05, 4.69) is 17.2 Å². The number of amides is 1. The lowest BCUT2D eigenvalue weighted by Crippen LogP contribution is -2.12. The number of nitrogens with one attached hydrogen (secondary N) is 1. The van der Waals surface area contributed by atoms with Crippen LogP contribution in [0.15, 0.2) is 29.6 Å². The molecular formula is C15H13FN2O2S. The van der Waals surface area contributed by atoms with Crippen LogP contribution in [0.2, 0.25) is 0 Å². The first kappa shape index (κ1) is 15.0. The Bertz CT molecular complexity index is 716. The highest BCUT2D eigenvalue weighted by Gasteiger charge is 2.14. The van der Waals surface area contributed by atoms with Crippen molar-refractivity contribution in [2.24, 2.45) is 5.73 Å². The first-order valence-corrected chi connectivity index (χ1v) is 6.95. The molecule has 0 atom stereocenters. The third kappa shape index (κ3) is 3.60. The highest BCUT2D eigenvalue weighted by Crippen LogP contribution is 2.23. The number of methoxy groups -OCH3 is 1. The number of benzene rings is 1. The molecule has 0 bridgehead atoms. The Kier molecular flexibility index (Phi) is 4.93. The minimum Gasteiger partial charge on any atom is -0.497 e. The molecule has 0 radical (unpaired) electrons. The lowest BCUT2D eigenvalue weighted by molar-refractivity contribution is 0.103. The summed E-state index contributed by atoms with van der Waals surface area (Å²) in [6.45, 7) is 0.210. The second kappa shape index (κ2) is 6.88. The minimum absolute atomic E-state index is 0.0606. The van der Waals surface area contributed by atoms with Gasteiger partial charge in [-0.1, -0.05) is 11.8 Å². The van der Waals surface area contributed by atoms with Crippen molar-refractivity contribution >= 4 is 22.9 Å². The molecule has 1 aromatic heterocycles. The normalized spacial score (nSPS) is 9.67. The van der Waals surface area contributed by atoms with Gasteiger partial charge in [0, 0.05) is 11.6 Å². The molecule has 4 nitrogen and oxygen atoms in total. The van der Waals surface area contributed by atoms with E-state index in [9.17, 15) is 9.18 Å². The van der Waals surface area contributed by atoms with E-state index >= 15 is 0 Å². The second-order valence-corrected chi connectivity index (χ2v) is 4.89. The fourth-order valence-corrected chi connectivity index (χ4v) is 2.38. The van der Waals surface area contributed by atoms with Crippen LogP contribution in [-0.4, -0.2) is 19.6 Å². The Balaban J connectivity index is 2.24. The van der Waals surface area contributed by atoms with Crippen LogP contribution in [0.5, 0.6) is 5.75 Å². The standard InChI is InChI=1S/C15H13FN2O2S/c1-20-11-4-5-12(16)13(9-11)18-15(19)14-10(3-2-7-17)6-8-21-14/h4-6,8-9H,7,17H2,1H3,(H,18,19). The third-order valence-corrected chi connectivity index (χ3v) is 3.53. The van der Waals surface area contributed by atoms with Crippen LogP contribution in [0.3, 0.4) is 0 Å². The number of halogens is 1. The molecule has 0 spiro atoms. The number of thiophene rings is 1. The number of rotatable bonds is 3. The summed E-state index contributed by atoms with van der Waals surface area (Å²) in [6, 6.07) is 5.86. The van der Waals surface area contributed by atoms with Crippen molar-refractivity contribution in [3.05, 3.63) is 45.9 Å². The van der Waals surface area contributed by atoms with Gasteiger partial charge < -0.3 is 15.8 Å². The smallest absolute Gasteiger partial charge is 0.267 e. The molecule has 1 amide bonds. The summed E-state index contributed by atoms with van der Waals surface area (Å²) in [5, 5.41) is 4.27. The van der Waals surface area contributed by atoms with E-state index in [1.807, 2.05) is 0 Å². The van der Waals surface area contributed by atoms with Gasteiger partial charge in [0.2, 0.25) is 0 Å². The summed E-state index contributed by atoms with van der Waals surface area (Å²) in [5.41, 5.74) is 5.95. The maximum atomic E-state index is 13.7. The molecule has 0 unspecified atom stereocenters. The van der Waals surface area contributed by atoms with Gasteiger partial charge in [-0.15, -0.1) is 11.3 Å². The molecule has 0 aliphatic carbocycles. The van der Waals surface area contributed by atoms with Gasteiger partial charge in [-0.2, -0.15) is 0 Å². The molecule has 0 fully saturated rings. The predicted octanol–water partition coefficient (Wildman–Crippen LogP) is 2.46. The lowest BCUT2D eigenvalue weighted by Gasteiger charge is -2.07. The molecule has 6 heteroatoms. The van der Waals surface area contributed by atoms with Crippen LogP contribution < -0.4 is 15.8 Å². The van der Waals surface area contributed by atoms with Crippen molar-refractivity contribution in [2.75, 3.05) is 19.0 Å². The highest BCUT2D eigenvalue weighted by molar-refractivity contribution is 7.12. The van der Waals surface area contributed by atoms with E-state index in [0.29, 0.717) is 16.2 Å². The molecular weight excluding hydrogens is 291 g/mol. The van der Waals surface area contributed by atoms with Gasteiger partial charge in [-0.3, -0.25) is 4.79 Å². The number of carbonyl (C=O) groups excluding carboxylic acids is 1. The van der Waals surface area contributed by atoms with E-state index < -0.39 is 11.7 Å². The summed E-state index contributed by atoms with van der Waals surface area (Å²) in [6.07, 6.45) is 0. The molecule has 0 aliphatic rings. The zero-order chi connectivity index (χ0) is 15.2. The largest absolute Gasteiger partial charge is 0.497 e. The first-order valence-electron chi connectivity index (χ1n) is 6.07. The zero-order valence-corrected chi connectivity index (χ0v) is 12.1. The number of hydrogen-bond donors (Lipinski definition) is 2. The monoisotopic (exact) mass is 304 g/mol. The molecule has 1 heterocycles. The summed E-state index contributed by atoms with van der Waals surface area (Å²) >= 11 is 1.23. The van der Waals surface area contributed by atoms with Crippen molar-refractivity contribution in [3.63, 3.8) is 0 Å². The van der Waals surface area contributed by atoms with Crippen molar-refractivity contribution in [1.29, 1.82) is 0 Å². The molecule has 2 aromatic rings. The van der Waals surface area contributed by atoms with Gasteiger partial charge in [0.1, 0.15) is 16.4 Å². The maximum absolute atomic E-state index is 13.7. The predicted molar refractivity (Wildman–Crippen MR) is 81.2 cm³/mol. The number of carbonyl (C=O) groups is 1. The fourth-order valence-electron chi connectivity index (χ4n) is 1.64. The molecule has 21 heavy (non-hydrogen) atoms. The van der Waals surface area contributed by atoms with Gasteiger partial charge in [-0.25, -0.2) is 4.39 Å². The number of anilines is 1. The molecule has 3 N–H and O–H groups in total. The van der Waals surface area contributed by atoms with Gasteiger partial charge in [0.25, 0.3) is 5.91 Å². The van der Waals surface area contributed by atoms with Crippen LogP contribution >= 0.6 is 11.3 Å². The second-order valence-electron chi connectivity index (χ2n) is 3.97. The lowest BCUT2D eigenvalue weighted by atomic mass is 10.2. The van der Waals surface area contributed by atoms with Crippen LogP contribution in [-0.2, 0) is 0 Å². The summed E-state index contributed by atoms with van der Waals surface area (Å²) < 4.78 is 18.7. The Morgan fingerprint density at radius 3 is 3.00 bits per heavy atom. The van der Waals surface area contributed by atoms with Crippen molar-refractivity contribution < 1.29 is 13.9 Å². The Morgan fingerprint density at radius 1 is 1.48 bits per heavy atom. The summed E-state index contributed by atoms with van der Waals surface area (Å²) in [4.78, 5) is 12.6. The maximum Gasteiger partial charge on any atom is 0.267 e. The van der Waals surface area contributed by atoms with Gasteiger partial charge >= 0.3 is 0 Å². The van der Waals surface area contributed by atoms with Crippen LogP contribution in [0.4, 0.5) is 10.1 Å². The van der Waals surface area contributed by atoms with E-state index in [1.54, 1.807) is 11.4 Å². The van der Waals surface area contributed by atoms with E-state index in [-0.39, 0.29) is 12.2 Å². The van der Waals surface area contributed by atoms with Gasteiger partial charge in [0.05, 0.1) is 19.3 Å². The third-order valence-electron chi connectivity index (χ3n) is 2.62. The average Bonchev–Trinajstić information content (AvgIpc) is 2.95.